The van der Waals surface area contributed by atoms with Crippen LogP contribution in [0.4, 0.5) is 0 Å². The first-order valence-corrected chi connectivity index (χ1v) is 19.0. The number of rotatable bonds is 34. The lowest BCUT2D eigenvalue weighted by Crippen LogP contribution is -2.05. The van der Waals surface area contributed by atoms with Crippen molar-refractivity contribution in [3.63, 3.8) is 0 Å². The van der Waals surface area contributed by atoms with Crippen molar-refractivity contribution >= 4 is 5.97 Å². The highest BCUT2D eigenvalue weighted by Crippen LogP contribution is 2.15. The van der Waals surface area contributed by atoms with E-state index in [9.17, 15) is 4.79 Å². The third-order valence-electron chi connectivity index (χ3n) is 8.58. The van der Waals surface area contributed by atoms with Crippen LogP contribution in [-0.2, 0) is 9.53 Å². The molecule has 0 rings (SSSR count). The molecule has 0 N–H and O–H groups in total. The second-order valence-corrected chi connectivity index (χ2v) is 13.4. The lowest BCUT2D eigenvalue weighted by Gasteiger charge is -2.06. The molecular formula is C39H76O2. The van der Waals surface area contributed by atoms with Gasteiger partial charge in [0.2, 0.25) is 0 Å². The third kappa shape index (κ3) is 37.2. The number of ether oxygens (including phenoxy) is 1. The van der Waals surface area contributed by atoms with Crippen LogP contribution in [0.15, 0.2) is 12.2 Å². The van der Waals surface area contributed by atoms with Crippen LogP contribution in [0, 0.1) is 5.92 Å². The summed E-state index contributed by atoms with van der Waals surface area (Å²) in [7, 11) is 0. The molecule has 2 heteroatoms. The molecule has 0 heterocycles. The SMILES string of the molecule is CCCCCCCCC=CCCCCCCCCCCCCCC(=O)OCCCCCCCCCCCCC(C)C. The molecule has 0 aliphatic carbocycles. The molecular weight excluding hydrogens is 500 g/mol. The summed E-state index contributed by atoms with van der Waals surface area (Å²) >= 11 is 0. The van der Waals surface area contributed by atoms with Gasteiger partial charge in [-0.3, -0.25) is 4.79 Å². The molecule has 0 saturated heterocycles. The van der Waals surface area contributed by atoms with Crippen LogP contribution in [0.25, 0.3) is 0 Å². The van der Waals surface area contributed by atoms with Crippen LogP contribution in [0.3, 0.4) is 0 Å². The molecule has 2 nitrogen and oxygen atoms in total. The van der Waals surface area contributed by atoms with E-state index in [-0.39, 0.29) is 5.97 Å². The van der Waals surface area contributed by atoms with Crippen molar-refractivity contribution in [1.29, 1.82) is 0 Å². The summed E-state index contributed by atoms with van der Waals surface area (Å²) in [5.74, 6) is 0.886. The number of hydrogen-bond donors (Lipinski definition) is 0. The zero-order valence-electron chi connectivity index (χ0n) is 28.7. The van der Waals surface area contributed by atoms with Crippen LogP contribution >= 0.6 is 0 Å². The number of carbonyl (C=O) groups excluding carboxylic acids is 1. The Morgan fingerprint density at radius 3 is 1.29 bits per heavy atom. The average Bonchev–Trinajstić information content (AvgIpc) is 2.96. The Balaban J connectivity index is 3.18. The van der Waals surface area contributed by atoms with Crippen molar-refractivity contribution in [2.45, 2.75) is 220 Å². The van der Waals surface area contributed by atoms with Gasteiger partial charge < -0.3 is 4.74 Å². The lowest BCUT2D eigenvalue weighted by molar-refractivity contribution is -0.143. The molecule has 0 atom stereocenters. The van der Waals surface area contributed by atoms with E-state index in [1.165, 1.54) is 180 Å². The molecule has 41 heavy (non-hydrogen) atoms. The Morgan fingerprint density at radius 1 is 0.488 bits per heavy atom. The van der Waals surface area contributed by atoms with Crippen LogP contribution in [0.1, 0.15) is 220 Å². The molecule has 0 unspecified atom stereocenters. The van der Waals surface area contributed by atoms with Gasteiger partial charge in [-0.05, 0) is 44.4 Å². The average molecular weight is 577 g/mol. The maximum Gasteiger partial charge on any atom is 0.305 e. The number of allylic oxidation sites excluding steroid dienone is 2. The van der Waals surface area contributed by atoms with Crippen LogP contribution in [0.2, 0.25) is 0 Å². The van der Waals surface area contributed by atoms with Gasteiger partial charge in [0.25, 0.3) is 0 Å². The summed E-state index contributed by atoms with van der Waals surface area (Å²) in [6.07, 6.45) is 45.7. The Morgan fingerprint density at radius 2 is 0.854 bits per heavy atom. The van der Waals surface area contributed by atoms with E-state index in [0.29, 0.717) is 13.0 Å². The first-order valence-electron chi connectivity index (χ1n) is 19.0. The fraction of sp³-hybridized carbons (Fsp3) is 0.923. The highest BCUT2D eigenvalue weighted by molar-refractivity contribution is 5.69. The first kappa shape index (κ1) is 40.2. The number of esters is 1. The van der Waals surface area contributed by atoms with E-state index < -0.39 is 0 Å². The zero-order chi connectivity index (χ0) is 29.9. The molecule has 244 valence electrons. The van der Waals surface area contributed by atoms with Crippen LogP contribution < -0.4 is 0 Å². The molecule has 0 spiro atoms. The van der Waals surface area contributed by atoms with Crippen LogP contribution in [-0.4, -0.2) is 12.6 Å². The van der Waals surface area contributed by atoms with Gasteiger partial charge in [-0.25, -0.2) is 0 Å². The lowest BCUT2D eigenvalue weighted by atomic mass is 10.0. The largest absolute Gasteiger partial charge is 0.466 e. The Hall–Kier alpha value is -0.790. The molecule has 0 radical (unpaired) electrons. The van der Waals surface area contributed by atoms with Crippen molar-refractivity contribution < 1.29 is 9.53 Å². The normalized spacial score (nSPS) is 11.7. The number of unbranched alkanes of at least 4 members (excludes halogenated alkanes) is 26. The molecule has 0 aromatic heterocycles. The van der Waals surface area contributed by atoms with E-state index in [0.717, 1.165) is 18.8 Å². The monoisotopic (exact) mass is 577 g/mol. The molecule has 0 saturated carbocycles. The summed E-state index contributed by atoms with van der Waals surface area (Å²) < 4.78 is 5.44. The quantitative estimate of drug-likeness (QED) is 0.0432. The van der Waals surface area contributed by atoms with Gasteiger partial charge in [0.15, 0.2) is 0 Å². The molecule has 0 aromatic rings. The van der Waals surface area contributed by atoms with Crippen LogP contribution in [0.5, 0.6) is 0 Å². The Kier molecular flexibility index (Phi) is 34.7. The minimum absolute atomic E-state index is 0.0239. The fourth-order valence-corrected chi connectivity index (χ4v) is 5.73. The molecule has 0 bridgehead atoms. The van der Waals surface area contributed by atoms with Gasteiger partial charge >= 0.3 is 5.97 Å². The summed E-state index contributed by atoms with van der Waals surface area (Å²) in [6, 6.07) is 0. The zero-order valence-corrected chi connectivity index (χ0v) is 28.7. The Bertz CT molecular complexity index is 524. The van der Waals surface area contributed by atoms with Gasteiger partial charge in [-0.1, -0.05) is 187 Å². The summed E-state index contributed by atoms with van der Waals surface area (Å²) in [4.78, 5) is 11.9. The minimum atomic E-state index is 0.0239. The van der Waals surface area contributed by atoms with Gasteiger partial charge in [-0.2, -0.15) is 0 Å². The summed E-state index contributed by atoms with van der Waals surface area (Å²) in [5, 5.41) is 0. The predicted octanol–water partition coefficient (Wildman–Crippen LogP) is 13.9. The maximum atomic E-state index is 11.9. The van der Waals surface area contributed by atoms with Crippen molar-refractivity contribution in [1.82, 2.24) is 0 Å². The number of carbonyl (C=O) groups is 1. The topological polar surface area (TPSA) is 26.3 Å². The van der Waals surface area contributed by atoms with E-state index in [1.54, 1.807) is 0 Å². The smallest absolute Gasteiger partial charge is 0.305 e. The first-order chi connectivity index (χ1) is 20.2. The molecule has 0 aliphatic heterocycles. The Labute approximate surface area is 259 Å². The number of hydrogen-bond acceptors (Lipinski definition) is 2. The molecule has 0 fully saturated rings. The predicted molar refractivity (Wildman–Crippen MR) is 184 cm³/mol. The van der Waals surface area contributed by atoms with Gasteiger partial charge in [0.1, 0.15) is 0 Å². The van der Waals surface area contributed by atoms with Crippen molar-refractivity contribution in [2.24, 2.45) is 5.92 Å². The minimum Gasteiger partial charge on any atom is -0.466 e. The molecule has 0 aromatic carbocycles. The maximum absolute atomic E-state index is 11.9. The summed E-state index contributed by atoms with van der Waals surface area (Å²) in [6.45, 7) is 7.56. The van der Waals surface area contributed by atoms with Crippen molar-refractivity contribution in [2.75, 3.05) is 6.61 Å². The van der Waals surface area contributed by atoms with Gasteiger partial charge in [0.05, 0.1) is 6.61 Å². The fourth-order valence-electron chi connectivity index (χ4n) is 5.73. The van der Waals surface area contributed by atoms with Crippen molar-refractivity contribution in [3.8, 4) is 0 Å². The van der Waals surface area contributed by atoms with E-state index in [2.05, 4.69) is 32.9 Å². The highest BCUT2D eigenvalue weighted by atomic mass is 16.5. The van der Waals surface area contributed by atoms with Crippen molar-refractivity contribution in [3.05, 3.63) is 12.2 Å². The van der Waals surface area contributed by atoms with E-state index in [1.807, 2.05) is 0 Å². The van der Waals surface area contributed by atoms with Gasteiger partial charge in [-0.15, -0.1) is 0 Å². The highest BCUT2D eigenvalue weighted by Gasteiger charge is 2.03. The third-order valence-corrected chi connectivity index (χ3v) is 8.58. The van der Waals surface area contributed by atoms with E-state index >= 15 is 0 Å². The summed E-state index contributed by atoms with van der Waals surface area (Å²) in [5.41, 5.74) is 0. The standard InChI is InChI=1S/C39H76O2/c1-4-5-6-7-8-9-10-11-12-13-14-15-16-17-18-19-20-24-27-30-33-36-39(40)41-37-34-31-28-25-22-21-23-26-29-32-35-38(2)3/h11-12,38H,4-10,13-37H2,1-3H3. The second-order valence-electron chi connectivity index (χ2n) is 13.4. The van der Waals surface area contributed by atoms with Gasteiger partial charge in [0, 0.05) is 6.42 Å². The van der Waals surface area contributed by atoms with E-state index in [4.69, 9.17) is 4.74 Å². The second kappa shape index (κ2) is 35.4. The molecule has 0 amide bonds. The molecule has 0 aliphatic rings.